The minimum atomic E-state index is 0.719. The average molecular weight is 200 g/mol. The number of hydrogen-bond donors (Lipinski definition) is 1. The van der Waals surface area contributed by atoms with Gasteiger partial charge in [-0.15, -0.1) is 0 Å². The molecule has 0 aromatic heterocycles. The van der Waals surface area contributed by atoms with E-state index in [0.29, 0.717) is 0 Å². The normalized spacial score (nSPS) is 9.58. The molecule has 1 aromatic carbocycles. The van der Waals surface area contributed by atoms with Gasteiger partial charge < -0.3 is 5.32 Å². The molecular weight excluding hydrogens is 190 g/mol. The summed E-state index contributed by atoms with van der Waals surface area (Å²) in [7, 11) is 1.80. The van der Waals surface area contributed by atoms with E-state index in [1.54, 1.807) is 7.05 Å². The largest absolute Gasteiger partial charge is 0.379 e. The van der Waals surface area contributed by atoms with Crippen molar-refractivity contribution >= 4 is 28.8 Å². The van der Waals surface area contributed by atoms with Crippen LogP contribution in [-0.2, 0) is 0 Å². The lowest BCUT2D eigenvalue weighted by atomic mass is 10.1. The number of halogens is 1. The summed E-state index contributed by atoms with van der Waals surface area (Å²) in [4.78, 5) is 0.719. The minimum Gasteiger partial charge on any atom is -0.379 e. The fourth-order valence-corrected chi connectivity index (χ4v) is 1.19. The lowest BCUT2D eigenvalue weighted by Gasteiger charge is -2.04. The second-order valence-corrected chi connectivity index (χ2v) is 3.36. The summed E-state index contributed by atoms with van der Waals surface area (Å²) in [5.41, 5.74) is 2.03. The van der Waals surface area contributed by atoms with Crippen molar-refractivity contribution < 1.29 is 0 Å². The van der Waals surface area contributed by atoms with E-state index >= 15 is 0 Å². The van der Waals surface area contributed by atoms with Gasteiger partial charge in [-0.25, -0.2) is 0 Å². The van der Waals surface area contributed by atoms with Crippen molar-refractivity contribution in [3.8, 4) is 0 Å². The number of benzene rings is 1. The van der Waals surface area contributed by atoms with Crippen LogP contribution in [-0.4, -0.2) is 12.0 Å². The second kappa shape index (κ2) is 3.87. The Balaban J connectivity index is 3.05. The number of rotatable bonds is 1. The first kappa shape index (κ1) is 9.49. The molecule has 0 atom stereocenters. The quantitative estimate of drug-likeness (QED) is 0.698. The van der Waals surface area contributed by atoms with E-state index in [-0.39, 0.29) is 0 Å². The third-order valence-corrected chi connectivity index (χ3v) is 2.51. The Kier molecular flexibility index (Phi) is 3.06. The Labute approximate surface area is 82.7 Å². The van der Waals surface area contributed by atoms with Gasteiger partial charge in [0, 0.05) is 17.6 Å². The topological polar surface area (TPSA) is 12.0 Å². The molecule has 0 unspecified atom stereocenters. The Morgan fingerprint density at radius 2 is 2.17 bits per heavy atom. The van der Waals surface area contributed by atoms with Crippen LogP contribution in [0.15, 0.2) is 18.2 Å². The van der Waals surface area contributed by atoms with E-state index in [1.165, 1.54) is 0 Å². The Bertz CT molecular complexity index is 309. The first-order valence-electron chi connectivity index (χ1n) is 3.63. The molecule has 0 heterocycles. The lowest BCUT2D eigenvalue weighted by molar-refractivity contribution is 1.20. The summed E-state index contributed by atoms with van der Waals surface area (Å²) in [6, 6.07) is 5.79. The highest BCUT2D eigenvalue weighted by Gasteiger charge is 2.00. The molecule has 1 N–H and O–H groups in total. The van der Waals surface area contributed by atoms with Gasteiger partial charge >= 0.3 is 0 Å². The maximum Gasteiger partial charge on any atom is 0.106 e. The Morgan fingerprint density at radius 3 is 2.67 bits per heavy atom. The lowest BCUT2D eigenvalue weighted by Crippen LogP contribution is -2.16. The molecule has 1 rings (SSSR count). The van der Waals surface area contributed by atoms with E-state index in [9.17, 15) is 0 Å². The van der Waals surface area contributed by atoms with Gasteiger partial charge in [-0.2, -0.15) is 0 Å². The van der Waals surface area contributed by atoms with Crippen molar-refractivity contribution in [3.05, 3.63) is 34.3 Å². The van der Waals surface area contributed by atoms with Crippen molar-refractivity contribution in [3.63, 3.8) is 0 Å². The fourth-order valence-electron chi connectivity index (χ4n) is 0.878. The molecule has 1 aromatic rings. The van der Waals surface area contributed by atoms with Crippen LogP contribution in [0.4, 0.5) is 0 Å². The standard InChI is InChI=1S/C9H10ClNS/c1-6-3-4-7(5-8(6)10)9(12)11-2/h3-5H,1-2H3,(H,11,12). The highest BCUT2D eigenvalue weighted by atomic mass is 35.5. The van der Waals surface area contributed by atoms with Crippen LogP contribution in [0.1, 0.15) is 11.1 Å². The number of nitrogens with one attached hydrogen (secondary N) is 1. The first-order valence-corrected chi connectivity index (χ1v) is 4.42. The molecule has 64 valence electrons. The van der Waals surface area contributed by atoms with Gasteiger partial charge in [-0.05, 0) is 18.6 Å². The highest BCUT2D eigenvalue weighted by molar-refractivity contribution is 7.80. The van der Waals surface area contributed by atoms with Gasteiger partial charge in [-0.1, -0.05) is 36.0 Å². The summed E-state index contributed by atoms with van der Waals surface area (Å²) in [5.74, 6) is 0. The zero-order chi connectivity index (χ0) is 9.14. The molecule has 12 heavy (non-hydrogen) atoms. The molecular formula is C9H10ClNS. The summed E-state index contributed by atoms with van der Waals surface area (Å²) < 4.78 is 0. The molecule has 0 spiro atoms. The van der Waals surface area contributed by atoms with E-state index in [4.69, 9.17) is 23.8 Å². The maximum atomic E-state index is 5.93. The van der Waals surface area contributed by atoms with Crippen molar-refractivity contribution in [2.75, 3.05) is 7.05 Å². The van der Waals surface area contributed by atoms with Crippen molar-refractivity contribution in [1.82, 2.24) is 5.32 Å². The maximum absolute atomic E-state index is 5.93. The van der Waals surface area contributed by atoms with E-state index < -0.39 is 0 Å². The molecule has 0 saturated carbocycles. The number of hydrogen-bond acceptors (Lipinski definition) is 1. The molecule has 1 nitrogen and oxygen atoms in total. The number of aryl methyl sites for hydroxylation is 1. The van der Waals surface area contributed by atoms with E-state index in [1.807, 2.05) is 25.1 Å². The second-order valence-electron chi connectivity index (χ2n) is 2.54. The summed E-state index contributed by atoms with van der Waals surface area (Å²) in [6.45, 7) is 1.97. The predicted octanol–water partition coefficient (Wildman–Crippen LogP) is 2.54. The van der Waals surface area contributed by atoms with E-state index in [2.05, 4.69) is 5.32 Å². The van der Waals surface area contributed by atoms with Crippen LogP contribution in [0.2, 0.25) is 5.02 Å². The minimum absolute atomic E-state index is 0.719. The molecule has 0 saturated heterocycles. The Hall–Kier alpha value is -0.600. The van der Waals surface area contributed by atoms with Gasteiger partial charge in [0.1, 0.15) is 4.99 Å². The monoisotopic (exact) mass is 199 g/mol. The van der Waals surface area contributed by atoms with Crippen LogP contribution < -0.4 is 5.32 Å². The van der Waals surface area contributed by atoms with Crippen LogP contribution in [0.5, 0.6) is 0 Å². The third kappa shape index (κ3) is 1.96. The van der Waals surface area contributed by atoms with Crippen LogP contribution in [0, 0.1) is 6.92 Å². The highest BCUT2D eigenvalue weighted by Crippen LogP contribution is 2.16. The van der Waals surface area contributed by atoms with Crippen molar-refractivity contribution in [2.45, 2.75) is 6.92 Å². The van der Waals surface area contributed by atoms with Crippen molar-refractivity contribution in [2.24, 2.45) is 0 Å². The molecule has 0 aliphatic rings. The summed E-state index contributed by atoms with van der Waals surface area (Å²) in [5, 5.41) is 3.66. The molecule has 0 amide bonds. The smallest absolute Gasteiger partial charge is 0.106 e. The zero-order valence-corrected chi connectivity index (χ0v) is 8.59. The first-order chi connectivity index (χ1) is 5.65. The summed E-state index contributed by atoms with van der Waals surface area (Å²) in [6.07, 6.45) is 0. The van der Waals surface area contributed by atoms with Gasteiger partial charge in [0.15, 0.2) is 0 Å². The molecule has 0 bridgehead atoms. The van der Waals surface area contributed by atoms with Gasteiger partial charge in [0.05, 0.1) is 0 Å². The molecule has 0 fully saturated rings. The average Bonchev–Trinajstić information content (AvgIpc) is 2.08. The third-order valence-electron chi connectivity index (χ3n) is 1.66. The zero-order valence-electron chi connectivity index (χ0n) is 7.02. The van der Waals surface area contributed by atoms with Gasteiger partial charge in [0.2, 0.25) is 0 Å². The SMILES string of the molecule is CNC(=S)c1ccc(C)c(Cl)c1. The molecule has 0 aliphatic heterocycles. The summed E-state index contributed by atoms with van der Waals surface area (Å²) >= 11 is 11.0. The van der Waals surface area contributed by atoms with Crippen LogP contribution in [0.25, 0.3) is 0 Å². The van der Waals surface area contributed by atoms with Crippen LogP contribution >= 0.6 is 23.8 Å². The van der Waals surface area contributed by atoms with Crippen molar-refractivity contribution in [1.29, 1.82) is 0 Å². The number of thiocarbonyl (C=S) groups is 1. The fraction of sp³-hybridized carbons (Fsp3) is 0.222. The van der Waals surface area contributed by atoms with Gasteiger partial charge in [0.25, 0.3) is 0 Å². The Morgan fingerprint density at radius 1 is 1.50 bits per heavy atom. The molecule has 3 heteroatoms. The molecule has 0 radical (unpaired) electrons. The molecule has 0 aliphatic carbocycles. The van der Waals surface area contributed by atoms with Crippen LogP contribution in [0.3, 0.4) is 0 Å². The van der Waals surface area contributed by atoms with E-state index in [0.717, 1.165) is 21.1 Å². The predicted molar refractivity (Wildman–Crippen MR) is 56.9 cm³/mol. The van der Waals surface area contributed by atoms with Gasteiger partial charge in [-0.3, -0.25) is 0 Å².